The summed E-state index contributed by atoms with van der Waals surface area (Å²) in [4.78, 5) is 22.7. The molecule has 0 radical (unpaired) electrons. The number of aliphatic carboxylic acids is 1. The molecule has 0 unspecified atom stereocenters. The number of aromatic nitrogens is 1. The average Bonchev–Trinajstić information content (AvgIpc) is 2.98. The number of rotatable bonds is 5. The molecule has 6 heteroatoms. The summed E-state index contributed by atoms with van der Waals surface area (Å²) >= 11 is 0. The Hall–Kier alpha value is -2.60. The first-order chi connectivity index (χ1) is 9.61. The van der Waals surface area contributed by atoms with Crippen LogP contribution in [-0.4, -0.2) is 39.3 Å². The Morgan fingerprint density at radius 3 is 2.50 bits per heavy atom. The zero-order valence-corrected chi connectivity index (χ0v) is 10.6. The van der Waals surface area contributed by atoms with Gasteiger partial charge in [-0.15, -0.1) is 0 Å². The molecule has 1 aromatic heterocycles. The number of aliphatic hydroxyl groups is 1. The number of hydrogen-bond acceptors (Lipinski definition) is 3. The molecule has 20 heavy (non-hydrogen) atoms. The fourth-order valence-electron chi connectivity index (χ4n) is 1.74. The molecule has 0 aliphatic rings. The molecule has 1 amide bonds. The van der Waals surface area contributed by atoms with Crippen molar-refractivity contribution in [2.75, 3.05) is 6.61 Å². The Labute approximate surface area is 115 Å². The maximum absolute atomic E-state index is 11.9. The maximum Gasteiger partial charge on any atom is 0.328 e. The van der Waals surface area contributed by atoms with Crippen LogP contribution < -0.4 is 5.32 Å². The van der Waals surface area contributed by atoms with E-state index < -0.39 is 24.5 Å². The first kappa shape index (κ1) is 13.8. The van der Waals surface area contributed by atoms with Gasteiger partial charge in [0.25, 0.3) is 5.91 Å². The highest BCUT2D eigenvalue weighted by Crippen LogP contribution is 2.11. The van der Waals surface area contributed by atoms with Crippen LogP contribution in [0.2, 0.25) is 0 Å². The van der Waals surface area contributed by atoms with E-state index in [-0.39, 0.29) is 0 Å². The van der Waals surface area contributed by atoms with Gasteiger partial charge >= 0.3 is 5.97 Å². The van der Waals surface area contributed by atoms with Crippen molar-refractivity contribution in [3.05, 3.63) is 54.4 Å². The topological polar surface area (TPSA) is 91.6 Å². The maximum atomic E-state index is 11.9. The van der Waals surface area contributed by atoms with Crippen LogP contribution in [0.15, 0.2) is 48.8 Å². The molecule has 1 heterocycles. The highest BCUT2D eigenvalue weighted by molar-refractivity contribution is 5.97. The third kappa shape index (κ3) is 3.04. The van der Waals surface area contributed by atoms with E-state index in [2.05, 4.69) is 5.32 Å². The molecule has 1 atom stereocenters. The van der Waals surface area contributed by atoms with E-state index in [0.717, 1.165) is 5.69 Å². The lowest BCUT2D eigenvalue weighted by molar-refractivity contribution is -0.140. The number of nitrogens with one attached hydrogen (secondary N) is 1. The Kier molecular flexibility index (Phi) is 4.17. The lowest BCUT2D eigenvalue weighted by Crippen LogP contribution is -2.43. The SMILES string of the molecule is O=C(N[C@H](CO)C(=O)O)c1cccc(-n2cccc2)c1. The number of amides is 1. The third-order valence-electron chi connectivity index (χ3n) is 2.80. The number of carbonyl (C=O) groups is 2. The number of hydrogen-bond donors (Lipinski definition) is 3. The number of carboxylic acid groups (broad SMARTS) is 1. The molecule has 104 valence electrons. The number of nitrogens with zero attached hydrogens (tertiary/aromatic N) is 1. The first-order valence-electron chi connectivity index (χ1n) is 6.00. The van der Waals surface area contributed by atoms with Crippen LogP contribution in [0.1, 0.15) is 10.4 Å². The van der Waals surface area contributed by atoms with Gasteiger partial charge in [0.2, 0.25) is 0 Å². The Morgan fingerprint density at radius 2 is 1.90 bits per heavy atom. The largest absolute Gasteiger partial charge is 0.480 e. The second-order valence-electron chi connectivity index (χ2n) is 4.19. The van der Waals surface area contributed by atoms with Crippen LogP contribution in [-0.2, 0) is 4.79 Å². The van der Waals surface area contributed by atoms with Crippen molar-refractivity contribution in [2.45, 2.75) is 6.04 Å². The predicted molar refractivity (Wildman–Crippen MR) is 71.7 cm³/mol. The number of benzene rings is 1. The smallest absolute Gasteiger partial charge is 0.328 e. The van der Waals surface area contributed by atoms with Crippen LogP contribution >= 0.6 is 0 Å². The summed E-state index contributed by atoms with van der Waals surface area (Å²) in [6.07, 6.45) is 3.68. The van der Waals surface area contributed by atoms with Gasteiger partial charge in [0.15, 0.2) is 6.04 Å². The molecule has 2 aromatic rings. The summed E-state index contributed by atoms with van der Waals surface area (Å²) in [5, 5.41) is 19.9. The Bertz CT molecular complexity index is 607. The van der Waals surface area contributed by atoms with Crippen molar-refractivity contribution in [1.29, 1.82) is 0 Å². The van der Waals surface area contributed by atoms with E-state index in [1.54, 1.807) is 18.2 Å². The normalized spacial score (nSPS) is 11.8. The minimum atomic E-state index is -1.31. The van der Waals surface area contributed by atoms with E-state index >= 15 is 0 Å². The lowest BCUT2D eigenvalue weighted by atomic mass is 10.1. The molecule has 1 aromatic carbocycles. The van der Waals surface area contributed by atoms with E-state index in [9.17, 15) is 9.59 Å². The average molecular weight is 274 g/mol. The second-order valence-corrected chi connectivity index (χ2v) is 4.19. The molecule has 0 bridgehead atoms. The quantitative estimate of drug-likeness (QED) is 0.746. The highest BCUT2D eigenvalue weighted by atomic mass is 16.4. The van der Waals surface area contributed by atoms with Gasteiger partial charge in [-0.25, -0.2) is 4.79 Å². The van der Waals surface area contributed by atoms with Gasteiger partial charge in [-0.2, -0.15) is 0 Å². The van der Waals surface area contributed by atoms with Crippen LogP contribution in [0.25, 0.3) is 5.69 Å². The number of carbonyl (C=O) groups excluding carboxylic acids is 1. The van der Waals surface area contributed by atoms with Gasteiger partial charge in [0.1, 0.15) is 0 Å². The van der Waals surface area contributed by atoms with Gasteiger partial charge in [0.05, 0.1) is 6.61 Å². The molecule has 3 N–H and O–H groups in total. The molecule has 0 saturated carbocycles. The van der Waals surface area contributed by atoms with Crippen LogP contribution in [0, 0.1) is 0 Å². The molecule has 6 nitrogen and oxygen atoms in total. The van der Waals surface area contributed by atoms with Crippen molar-refractivity contribution in [1.82, 2.24) is 9.88 Å². The second kappa shape index (κ2) is 6.03. The predicted octanol–water partition coefficient (Wildman–Crippen LogP) is 0.653. The molecule has 2 rings (SSSR count). The van der Waals surface area contributed by atoms with Gasteiger partial charge < -0.3 is 20.1 Å². The first-order valence-corrected chi connectivity index (χ1v) is 6.00. The van der Waals surface area contributed by atoms with E-state index in [0.29, 0.717) is 5.56 Å². The van der Waals surface area contributed by atoms with Crippen molar-refractivity contribution in [2.24, 2.45) is 0 Å². The van der Waals surface area contributed by atoms with Crippen molar-refractivity contribution < 1.29 is 19.8 Å². The van der Waals surface area contributed by atoms with Crippen molar-refractivity contribution in [3.63, 3.8) is 0 Å². The molecule has 0 fully saturated rings. The minimum absolute atomic E-state index is 0.330. The standard InChI is InChI=1S/C14H14N2O4/c17-9-12(14(19)20)15-13(18)10-4-3-5-11(8-10)16-6-1-2-7-16/h1-8,12,17H,9H2,(H,15,18)(H,19,20)/t12-/m1/s1. The molecular weight excluding hydrogens is 260 g/mol. The van der Waals surface area contributed by atoms with Crippen LogP contribution in [0.4, 0.5) is 0 Å². The van der Waals surface area contributed by atoms with Gasteiger partial charge in [-0.1, -0.05) is 6.07 Å². The Morgan fingerprint density at radius 1 is 1.20 bits per heavy atom. The third-order valence-corrected chi connectivity index (χ3v) is 2.80. The summed E-state index contributed by atoms with van der Waals surface area (Å²) in [6, 6.07) is 9.18. The molecule has 0 aliphatic heterocycles. The fraction of sp³-hybridized carbons (Fsp3) is 0.143. The minimum Gasteiger partial charge on any atom is -0.480 e. The molecular formula is C14H14N2O4. The van der Waals surface area contributed by atoms with Gasteiger partial charge in [-0.3, -0.25) is 4.79 Å². The van der Waals surface area contributed by atoms with E-state index in [4.69, 9.17) is 10.2 Å². The zero-order valence-electron chi connectivity index (χ0n) is 10.6. The zero-order chi connectivity index (χ0) is 14.5. The fourth-order valence-corrected chi connectivity index (χ4v) is 1.74. The Balaban J connectivity index is 2.19. The number of aliphatic hydroxyl groups excluding tert-OH is 1. The lowest BCUT2D eigenvalue weighted by Gasteiger charge is -2.12. The van der Waals surface area contributed by atoms with Gasteiger partial charge in [-0.05, 0) is 30.3 Å². The van der Waals surface area contributed by atoms with Gasteiger partial charge in [0, 0.05) is 23.6 Å². The van der Waals surface area contributed by atoms with E-state index in [1.165, 1.54) is 0 Å². The summed E-state index contributed by atoms with van der Waals surface area (Å²) in [7, 11) is 0. The summed E-state index contributed by atoms with van der Waals surface area (Å²) in [5.74, 6) is -1.82. The number of carboxylic acids is 1. The van der Waals surface area contributed by atoms with Crippen LogP contribution in [0.3, 0.4) is 0 Å². The molecule has 0 spiro atoms. The monoisotopic (exact) mass is 274 g/mol. The summed E-state index contributed by atoms with van der Waals surface area (Å²) in [5.41, 5.74) is 1.12. The summed E-state index contributed by atoms with van der Waals surface area (Å²) in [6.45, 7) is -0.654. The highest BCUT2D eigenvalue weighted by Gasteiger charge is 2.19. The van der Waals surface area contributed by atoms with Crippen LogP contribution in [0.5, 0.6) is 0 Å². The summed E-state index contributed by atoms with van der Waals surface area (Å²) < 4.78 is 1.83. The van der Waals surface area contributed by atoms with E-state index in [1.807, 2.05) is 35.2 Å². The van der Waals surface area contributed by atoms with Crippen molar-refractivity contribution >= 4 is 11.9 Å². The molecule has 0 saturated heterocycles. The molecule has 0 aliphatic carbocycles. The van der Waals surface area contributed by atoms with Crippen molar-refractivity contribution in [3.8, 4) is 5.69 Å².